The Morgan fingerprint density at radius 3 is 2.60 bits per heavy atom. The molecule has 0 N–H and O–H groups in total. The first-order valence-electron chi connectivity index (χ1n) is 11.5. The number of ether oxygens (including phenoxy) is 2. The van der Waals surface area contributed by atoms with Gasteiger partial charge < -0.3 is 14.4 Å². The van der Waals surface area contributed by atoms with Crippen molar-refractivity contribution in [1.82, 2.24) is 14.5 Å². The predicted molar refractivity (Wildman–Crippen MR) is 134 cm³/mol. The van der Waals surface area contributed by atoms with Crippen molar-refractivity contribution in [3.05, 3.63) is 58.8 Å². The van der Waals surface area contributed by atoms with E-state index in [1.807, 2.05) is 34.6 Å². The van der Waals surface area contributed by atoms with Crippen LogP contribution in [-0.2, 0) is 9.47 Å². The molecule has 1 aliphatic rings. The number of imidazole rings is 1. The number of pyridine rings is 1. The normalized spacial score (nSPS) is 14.6. The fourth-order valence-corrected chi connectivity index (χ4v) is 4.69. The van der Waals surface area contributed by atoms with Gasteiger partial charge in [-0.1, -0.05) is 23.7 Å². The van der Waals surface area contributed by atoms with Gasteiger partial charge in [0.25, 0.3) is 0 Å². The number of morpholine rings is 1. The molecule has 0 spiro atoms. The number of carbonyl (C=O) groups excluding carboxylic acids is 1. The highest BCUT2D eigenvalue weighted by Crippen LogP contribution is 2.36. The minimum absolute atomic E-state index is 0.169. The second kappa shape index (κ2) is 8.77. The van der Waals surface area contributed by atoms with E-state index in [9.17, 15) is 4.79 Å². The molecule has 1 aliphatic heterocycles. The number of fused-ring (bicyclic) bond motifs is 2. The average molecular weight is 497 g/mol. The molecule has 2 aromatic carbocycles. The summed E-state index contributed by atoms with van der Waals surface area (Å²) in [6.07, 6.45) is 1.68. The van der Waals surface area contributed by atoms with Crippen LogP contribution in [0.2, 0.25) is 5.02 Å². The monoisotopic (exact) mass is 496 g/mol. The first-order valence-corrected chi connectivity index (χ1v) is 11.8. The number of halogens is 2. The lowest BCUT2D eigenvalue weighted by atomic mass is 10.1. The molecular weight excluding hydrogens is 471 g/mol. The SMILES string of the molecule is Cc1nc2c(C(=O)OC(C)(C)C)c(F)c(N3CCOCC3)cc2n1-c1ccnc2c(Cl)cccc12. The summed E-state index contributed by atoms with van der Waals surface area (Å²) in [5.41, 5.74) is 1.64. The largest absolute Gasteiger partial charge is 0.456 e. The zero-order valence-corrected chi connectivity index (χ0v) is 20.8. The molecule has 35 heavy (non-hydrogen) atoms. The number of carbonyl (C=O) groups is 1. The maximum atomic E-state index is 16.0. The highest BCUT2D eigenvalue weighted by atomic mass is 35.5. The standard InChI is InChI=1S/C26H26ClFN4O3/c1-15-30-24-20(32(15)18-8-9-29-23-16(18)6-5-7-17(23)27)14-19(31-10-12-34-13-11-31)22(28)21(24)25(33)35-26(2,3)4/h5-9,14H,10-13H2,1-4H3. The van der Waals surface area contributed by atoms with Gasteiger partial charge in [-0.2, -0.15) is 0 Å². The number of aryl methyl sites for hydroxylation is 1. The highest BCUT2D eigenvalue weighted by molar-refractivity contribution is 6.35. The van der Waals surface area contributed by atoms with Gasteiger partial charge in [0, 0.05) is 24.7 Å². The lowest BCUT2D eigenvalue weighted by Gasteiger charge is -2.30. The van der Waals surface area contributed by atoms with Crippen molar-refractivity contribution in [2.24, 2.45) is 0 Å². The number of para-hydroxylation sites is 1. The second-order valence-corrected chi connectivity index (χ2v) is 9.92. The van der Waals surface area contributed by atoms with Crippen LogP contribution in [0.15, 0.2) is 36.5 Å². The molecular formula is C26H26ClFN4O3. The molecule has 2 aromatic heterocycles. The van der Waals surface area contributed by atoms with Crippen molar-refractivity contribution in [3.63, 3.8) is 0 Å². The van der Waals surface area contributed by atoms with Crippen LogP contribution >= 0.6 is 11.6 Å². The Morgan fingerprint density at radius 1 is 1.14 bits per heavy atom. The molecule has 4 aromatic rings. The van der Waals surface area contributed by atoms with Gasteiger partial charge in [0.1, 0.15) is 22.5 Å². The Labute approximate surface area is 207 Å². The van der Waals surface area contributed by atoms with E-state index in [2.05, 4.69) is 9.97 Å². The minimum atomic E-state index is -0.791. The van der Waals surface area contributed by atoms with Crippen molar-refractivity contribution >= 4 is 45.2 Å². The van der Waals surface area contributed by atoms with Crippen LogP contribution in [0.1, 0.15) is 37.0 Å². The number of anilines is 1. The van der Waals surface area contributed by atoms with Gasteiger partial charge in [-0.15, -0.1) is 0 Å². The van der Waals surface area contributed by atoms with Crippen molar-refractivity contribution in [1.29, 1.82) is 0 Å². The molecule has 0 aliphatic carbocycles. The Kier molecular flexibility index (Phi) is 5.89. The Morgan fingerprint density at radius 2 is 1.89 bits per heavy atom. The van der Waals surface area contributed by atoms with E-state index in [1.54, 1.807) is 39.1 Å². The maximum absolute atomic E-state index is 16.0. The summed E-state index contributed by atoms with van der Waals surface area (Å²) in [6, 6.07) is 9.18. The van der Waals surface area contributed by atoms with E-state index in [4.69, 9.17) is 21.1 Å². The van der Waals surface area contributed by atoms with Crippen molar-refractivity contribution in [2.75, 3.05) is 31.2 Å². The molecule has 0 atom stereocenters. The smallest absolute Gasteiger partial charge is 0.344 e. The summed E-state index contributed by atoms with van der Waals surface area (Å²) < 4.78 is 29.0. The summed E-state index contributed by atoms with van der Waals surface area (Å²) in [5.74, 6) is -0.792. The Bertz CT molecular complexity index is 1460. The molecule has 1 saturated heterocycles. The van der Waals surface area contributed by atoms with Gasteiger partial charge in [0.2, 0.25) is 0 Å². The van der Waals surface area contributed by atoms with E-state index in [0.717, 1.165) is 11.1 Å². The molecule has 0 saturated carbocycles. The lowest BCUT2D eigenvalue weighted by Crippen LogP contribution is -2.37. The van der Waals surface area contributed by atoms with Crippen LogP contribution in [0, 0.1) is 12.7 Å². The van der Waals surface area contributed by atoms with Gasteiger partial charge in [0.15, 0.2) is 5.82 Å². The van der Waals surface area contributed by atoms with Gasteiger partial charge in [-0.3, -0.25) is 9.55 Å². The van der Waals surface area contributed by atoms with Crippen molar-refractivity contribution < 1.29 is 18.7 Å². The van der Waals surface area contributed by atoms with E-state index >= 15 is 4.39 Å². The summed E-state index contributed by atoms with van der Waals surface area (Å²) in [6.45, 7) is 9.06. The first kappa shape index (κ1) is 23.5. The third-order valence-electron chi connectivity index (χ3n) is 5.93. The Balaban J connectivity index is 1.82. The molecule has 1 fully saturated rings. The van der Waals surface area contributed by atoms with Crippen molar-refractivity contribution in [3.8, 4) is 5.69 Å². The summed E-state index contributed by atoms with van der Waals surface area (Å²) in [7, 11) is 0. The summed E-state index contributed by atoms with van der Waals surface area (Å²) in [5, 5.41) is 1.35. The molecule has 0 amide bonds. The third-order valence-corrected chi connectivity index (χ3v) is 6.23. The molecule has 3 heterocycles. The van der Waals surface area contributed by atoms with Gasteiger partial charge in [0.05, 0.1) is 40.6 Å². The van der Waals surface area contributed by atoms with Crippen LogP contribution in [-0.4, -0.2) is 52.4 Å². The molecule has 9 heteroatoms. The molecule has 0 unspecified atom stereocenters. The van der Waals surface area contributed by atoms with Gasteiger partial charge in [-0.05, 0) is 45.9 Å². The Hall–Kier alpha value is -3.23. The van der Waals surface area contributed by atoms with Crippen LogP contribution in [0.4, 0.5) is 10.1 Å². The third kappa shape index (κ3) is 4.21. The second-order valence-electron chi connectivity index (χ2n) is 9.51. The summed E-state index contributed by atoms with van der Waals surface area (Å²) >= 11 is 6.41. The zero-order valence-electron chi connectivity index (χ0n) is 20.1. The number of esters is 1. The lowest BCUT2D eigenvalue weighted by molar-refractivity contribution is 0.00670. The fraction of sp³-hybridized carbons (Fsp3) is 0.346. The maximum Gasteiger partial charge on any atom is 0.344 e. The van der Waals surface area contributed by atoms with Crippen LogP contribution < -0.4 is 4.90 Å². The van der Waals surface area contributed by atoms with E-state index in [1.165, 1.54) is 0 Å². The predicted octanol–water partition coefficient (Wildman–Crippen LogP) is 5.47. The van der Waals surface area contributed by atoms with E-state index < -0.39 is 17.4 Å². The highest BCUT2D eigenvalue weighted by Gasteiger charge is 2.30. The quantitative estimate of drug-likeness (QED) is 0.350. The number of aromatic nitrogens is 3. The first-order chi connectivity index (χ1) is 16.7. The van der Waals surface area contributed by atoms with Crippen LogP contribution in [0.3, 0.4) is 0 Å². The molecule has 0 radical (unpaired) electrons. The minimum Gasteiger partial charge on any atom is -0.456 e. The molecule has 182 valence electrons. The number of hydrogen-bond donors (Lipinski definition) is 0. The number of nitrogens with zero attached hydrogens (tertiary/aromatic N) is 4. The number of rotatable bonds is 3. The fourth-order valence-electron chi connectivity index (χ4n) is 4.47. The average Bonchev–Trinajstić information content (AvgIpc) is 3.13. The topological polar surface area (TPSA) is 69.5 Å². The summed E-state index contributed by atoms with van der Waals surface area (Å²) in [4.78, 5) is 24.2. The van der Waals surface area contributed by atoms with Crippen LogP contribution in [0.5, 0.6) is 0 Å². The zero-order chi connectivity index (χ0) is 24.9. The van der Waals surface area contributed by atoms with Gasteiger partial charge >= 0.3 is 5.97 Å². The number of hydrogen-bond acceptors (Lipinski definition) is 6. The molecule has 7 nitrogen and oxygen atoms in total. The van der Waals surface area contributed by atoms with Gasteiger partial charge in [-0.25, -0.2) is 14.2 Å². The van der Waals surface area contributed by atoms with Crippen LogP contribution in [0.25, 0.3) is 27.6 Å². The van der Waals surface area contributed by atoms with Crippen molar-refractivity contribution in [2.45, 2.75) is 33.3 Å². The molecule has 5 rings (SSSR count). The molecule has 0 bridgehead atoms. The van der Waals surface area contributed by atoms with E-state index in [-0.39, 0.29) is 11.1 Å². The number of benzene rings is 2. The van der Waals surface area contributed by atoms with E-state index in [0.29, 0.717) is 53.9 Å².